The van der Waals surface area contributed by atoms with Crippen molar-refractivity contribution in [1.82, 2.24) is 9.97 Å². The van der Waals surface area contributed by atoms with Gasteiger partial charge in [0.25, 0.3) is 0 Å². The van der Waals surface area contributed by atoms with Crippen molar-refractivity contribution in [3.05, 3.63) is 17.0 Å². The molecule has 1 saturated carbocycles. The van der Waals surface area contributed by atoms with Crippen LogP contribution in [0.4, 0.5) is 5.82 Å². The fourth-order valence-corrected chi connectivity index (χ4v) is 3.30. The summed E-state index contributed by atoms with van der Waals surface area (Å²) in [6.45, 7) is 1.57. The molecule has 96 valence electrons. The van der Waals surface area contributed by atoms with Crippen LogP contribution >= 0.6 is 11.6 Å². The Balaban J connectivity index is 1.89. The number of aromatic nitrogens is 2. The van der Waals surface area contributed by atoms with E-state index in [1.54, 1.807) is 0 Å². The third-order valence-electron chi connectivity index (χ3n) is 4.05. The van der Waals surface area contributed by atoms with Crippen LogP contribution < -0.4 is 4.90 Å². The van der Waals surface area contributed by atoms with Gasteiger partial charge in [-0.1, -0.05) is 11.6 Å². The van der Waals surface area contributed by atoms with Crippen LogP contribution in [0.25, 0.3) is 0 Å². The van der Waals surface area contributed by atoms with Crippen LogP contribution in [-0.2, 0) is 0 Å². The average Bonchev–Trinajstić information content (AvgIpc) is 2.92. The van der Waals surface area contributed by atoms with Gasteiger partial charge >= 0.3 is 0 Å². The second-order valence-electron chi connectivity index (χ2n) is 4.99. The maximum absolute atomic E-state index is 11.1. The smallest absolute Gasteiger partial charge is 0.156 e. The number of hydrogen-bond donors (Lipinski definition) is 1. The molecule has 3 atom stereocenters. The van der Waals surface area contributed by atoms with Gasteiger partial charge in [-0.3, -0.25) is 4.79 Å². The van der Waals surface area contributed by atoms with E-state index in [1.165, 1.54) is 6.33 Å². The number of carbonyl (C=O) groups excluding carboxylic acids is 1. The van der Waals surface area contributed by atoms with Crippen molar-refractivity contribution in [2.45, 2.75) is 18.9 Å². The highest BCUT2D eigenvalue weighted by Crippen LogP contribution is 2.40. The summed E-state index contributed by atoms with van der Waals surface area (Å²) in [5.41, 5.74) is 0.341. The molecular formula is C12H14ClN3O2. The van der Waals surface area contributed by atoms with Gasteiger partial charge in [0, 0.05) is 19.0 Å². The van der Waals surface area contributed by atoms with Crippen LogP contribution in [0.2, 0.25) is 5.15 Å². The first-order valence-electron chi connectivity index (χ1n) is 6.09. The van der Waals surface area contributed by atoms with Gasteiger partial charge < -0.3 is 10.0 Å². The number of aliphatic hydroxyl groups excluding tert-OH is 1. The van der Waals surface area contributed by atoms with Crippen molar-refractivity contribution in [3.63, 3.8) is 0 Å². The van der Waals surface area contributed by atoms with Crippen LogP contribution in [0.3, 0.4) is 0 Å². The monoisotopic (exact) mass is 267 g/mol. The third-order valence-corrected chi connectivity index (χ3v) is 4.35. The number of anilines is 1. The van der Waals surface area contributed by atoms with Crippen molar-refractivity contribution < 1.29 is 9.90 Å². The Morgan fingerprint density at radius 3 is 2.94 bits per heavy atom. The molecule has 2 fully saturated rings. The van der Waals surface area contributed by atoms with Gasteiger partial charge in [-0.05, 0) is 18.8 Å². The van der Waals surface area contributed by atoms with E-state index in [9.17, 15) is 9.90 Å². The number of rotatable bonds is 2. The molecule has 18 heavy (non-hydrogen) atoms. The number of carbonyl (C=O) groups is 1. The topological polar surface area (TPSA) is 66.3 Å². The molecule has 0 radical (unpaired) electrons. The van der Waals surface area contributed by atoms with Crippen molar-refractivity contribution in [1.29, 1.82) is 0 Å². The molecule has 0 bridgehead atoms. The second kappa shape index (κ2) is 4.48. The number of halogens is 1. The molecule has 1 aliphatic carbocycles. The molecule has 1 aromatic rings. The standard InChI is InChI=1S/C12H14ClN3O2/c13-11-9(5-17)12(15-6-14-11)16-3-7-1-2-10(18)8(7)4-16/h5-8,10,18H,1-4H2. The summed E-state index contributed by atoms with van der Waals surface area (Å²) in [7, 11) is 0. The van der Waals surface area contributed by atoms with E-state index in [4.69, 9.17) is 11.6 Å². The first-order valence-corrected chi connectivity index (χ1v) is 6.47. The molecule has 0 aromatic carbocycles. The van der Waals surface area contributed by atoms with Crippen LogP contribution in [0, 0.1) is 11.8 Å². The van der Waals surface area contributed by atoms with Gasteiger partial charge in [-0.25, -0.2) is 9.97 Å². The molecule has 1 N–H and O–H groups in total. The zero-order valence-electron chi connectivity index (χ0n) is 9.79. The van der Waals surface area contributed by atoms with Crippen molar-refractivity contribution in [2.24, 2.45) is 11.8 Å². The Bertz CT molecular complexity index is 482. The molecule has 0 spiro atoms. The zero-order valence-corrected chi connectivity index (χ0v) is 10.5. The quantitative estimate of drug-likeness (QED) is 0.643. The molecule has 0 amide bonds. The minimum atomic E-state index is -0.225. The van der Waals surface area contributed by atoms with Gasteiger partial charge in [-0.15, -0.1) is 0 Å². The summed E-state index contributed by atoms with van der Waals surface area (Å²) in [5, 5.41) is 10.1. The van der Waals surface area contributed by atoms with Crippen LogP contribution in [0.15, 0.2) is 6.33 Å². The van der Waals surface area contributed by atoms with Gasteiger partial charge in [0.1, 0.15) is 17.3 Å². The Morgan fingerprint density at radius 1 is 1.39 bits per heavy atom. The molecule has 1 aromatic heterocycles. The maximum Gasteiger partial charge on any atom is 0.156 e. The number of aldehydes is 1. The molecule has 2 heterocycles. The minimum absolute atomic E-state index is 0.188. The largest absolute Gasteiger partial charge is 0.393 e. The first kappa shape index (κ1) is 11.9. The molecule has 5 nitrogen and oxygen atoms in total. The highest BCUT2D eigenvalue weighted by Gasteiger charge is 2.42. The van der Waals surface area contributed by atoms with Crippen LogP contribution in [0.5, 0.6) is 0 Å². The van der Waals surface area contributed by atoms with E-state index in [0.717, 1.165) is 25.9 Å². The van der Waals surface area contributed by atoms with E-state index in [2.05, 4.69) is 9.97 Å². The van der Waals surface area contributed by atoms with Crippen LogP contribution in [0.1, 0.15) is 23.2 Å². The number of fused-ring (bicyclic) bond motifs is 1. The molecule has 3 rings (SSSR count). The normalized spacial score (nSPS) is 30.6. The Hall–Kier alpha value is -1.20. The van der Waals surface area contributed by atoms with Crippen molar-refractivity contribution in [3.8, 4) is 0 Å². The van der Waals surface area contributed by atoms with Gasteiger partial charge in [0.15, 0.2) is 6.29 Å². The zero-order chi connectivity index (χ0) is 12.7. The molecular weight excluding hydrogens is 254 g/mol. The molecule has 2 aliphatic rings. The Morgan fingerprint density at radius 2 is 2.22 bits per heavy atom. The maximum atomic E-state index is 11.1. The summed E-state index contributed by atoms with van der Waals surface area (Å²) in [4.78, 5) is 21.1. The fraction of sp³-hybridized carbons (Fsp3) is 0.583. The van der Waals surface area contributed by atoms with E-state index < -0.39 is 0 Å². The second-order valence-corrected chi connectivity index (χ2v) is 5.35. The van der Waals surface area contributed by atoms with E-state index in [0.29, 0.717) is 29.5 Å². The summed E-state index contributed by atoms with van der Waals surface area (Å²) in [6.07, 6.45) is 3.76. The predicted molar refractivity (Wildman–Crippen MR) is 66.9 cm³/mol. The first-order chi connectivity index (χ1) is 8.70. The lowest BCUT2D eigenvalue weighted by molar-refractivity contribution is 0.112. The summed E-state index contributed by atoms with van der Waals surface area (Å²) in [6, 6.07) is 0. The number of nitrogens with zero attached hydrogens (tertiary/aromatic N) is 3. The van der Waals surface area contributed by atoms with Crippen molar-refractivity contribution >= 4 is 23.7 Å². The molecule has 1 saturated heterocycles. The van der Waals surface area contributed by atoms with Crippen LogP contribution in [-0.4, -0.2) is 40.6 Å². The van der Waals surface area contributed by atoms with Crippen molar-refractivity contribution in [2.75, 3.05) is 18.0 Å². The summed E-state index contributed by atoms with van der Waals surface area (Å²) < 4.78 is 0. The molecule has 6 heteroatoms. The highest BCUT2D eigenvalue weighted by atomic mass is 35.5. The summed E-state index contributed by atoms with van der Waals surface area (Å²) >= 11 is 5.90. The Labute approximate surface area is 110 Å². The lowest BCUT2D eigenvalue weighted by Crippen LogP contribution is -2.26. The predicted octanol–water partition coefficient (Wildman–Crippen LogP) is 1.15. The van der Waals surface area contributed by atoms with Gasteiger partial charge in [0.05, 0.1) is 11.7 Å². The summed E-state index contributed by atoms with van der Waals surface area (Å²) in [5.74, 6) is 1.37. The Kier molecular flexibility index (Phi) is 2.95. The third kappa shape index (κ3) is 1.78. The fourth-order valence-electron chi connectivity index (χ4n) is 3.13. The van der Waals surface area contributed by atoms with E-state index >= 15 is 0 Å². The number of aliphatic hydroxyl groups is 1. The molecule has 1 aliphatic heterocycles. The number of hydrogen-bond acceptors (Lipinski definition) is 5. The van der Waals surface area contributed by atoms with Gasteiger partial charge in [-0.2, -0.15) is 0 Å². The average molecular weight is 268 g/mol. The minimum Gasteiger partial charge on any atom is -0.393 e. The molecule has 3 unspecified atom stereocenters. The van der Waals surface area contributed by atoms with E-state index in [-0.39, 0.29) is 11.3 Å². The highest BCUT2D eigenvalue weighted by molar-refractivity contribution is 6.32. The lowest BCUT2D eigenvalue weighted by atomic mass is 10.00. The van der Waals surface area contributed by atoms with E-state index in [1.807, 2.05) is 4.90 Å². The van der Waals surface area contributed by atoms with Gasteiger partial charge in [0.2, 0.25) is 0 Å². The lowest BCUT2D eigenvalue weighted by Gasteiger charge is -2.20. The SMILES string of the molecule is O=Cc1c(Cl)ncnc1N1CC2CCC(O)C2C1.